The lowest BCUT2D eigenvalue weighted by atomic mass is 10.0. The molecule has 1 amide bonds. The van der Waals surface area contributed by atoms with Crippen molar-refractivity contribution in [2.24, 2.45) is 0 Å². The standard InChI is InChI=1S/C53H101NO5/c1-3-5-7-9-11-13-15-17-18-19-20-21-23-25-29-33-37-41-45-51(56)50(49-55)54-52(57)46-42-38-34-30-26-24-28-32-36-40-44-48-59-53(58)47-43-39-35-31-27-22-16-14-12-10-8-6-4-2/h14,16,41,45,50-51,55-56H,3-13,15,17-40,42-44,46-49H2,1-2H3,(H,54,57)/b16-14-,45-41+. The zero-order valence-corrected chi connectivity index (χ0v) is 39.5. The molecule has 2 unspecified atom stereocenters. The number of amides is 1. The summed E-state index contributed by atoms with van der Waals surface area (Å²) in [4.78, 5) is 24.4. The normalized spacial score (nSPS) is 12.8. The van der Waals surface area contributed by atoms with Crippen LogP contribution in [0.1, 0.15) is 277 Å². The van der Waals surface area contributed by atoms with E-state index >= 15 is 0 Å². The molecular formula is C53H101NO5. The Bertz CT molecular complexity index is 920. The number of esters is 1. The Hall–Kier alpha value is -1.66. The molecule has 0 aromatic rings. The number of nitrogens with one attached hydrogen (secondary N) is 1. The highest BCUT2D eigenvalue weighted by atomic mass is 16.5. The van der Waals surface area contributed by atoms with Crippen molar-refractivity contribution in [1.29, 1.82) is 0 Å². The van der Waals surface area contributed by atoms with Gasteiger partial charge in [0.05, 0.1) is 25.4 Å². The van der Waals surface area contributed by atoms with Gasteiger partial charge in [-0.2, -0.15) is 0 Å². The summed E-state index contributed by atoms with van der Waals surface area (Å²) in [5.41, 5.74) is 0. The lowest BCUT2D eigenvalue weighted by molar-refractivity contribution is -0.143. The van der Waals surface area contributed by atoms with Crippen LogP contribution in [-0.4, -0.2) is 47.4 Å². The molecule has 3 N–H and O–H groups in total. The van der Waals surface area contributed by atoms with Crippen LogP contribution in [0.5, 0.6) is 0 Å². The van der Waals surface area contributed by atoms with E-state index in [0.717, 1.165) is 57.8 Å². The summed E-state index contributed by atoms with van der Waals surface area (Å²) < 4.78 is 5.44. The van der Waals surface area contributed by atoms with Crippen LogP contribution in [0.3, 0.4) is 0 Å². The van der Waals surface area contributed by atoms with E-state index in [-0.39, 0.29) is 18.5 Å². The predicted molar refractivity (Wildman–Crippen MR) is 255 cm³/mol. The summed E-state index contributed by atoms with van der Waals surface area (Å²) in [7, 11) is 0. The lowest BCUT2D eigenvalue weighted by Gasteiger charge is -2.20. The molecule has 0 aliphatic heterocycles. The Labute approximate surface area is 367 Å². The van der Waals surface area contributed by atoms with E-state index in [1.807, 2.05) is 6.08 Å². The van der Waals surface area contributed by atoms with Gasteiger partial charge in [0.15, 0.2) is 0 Å². The van der Waals surface area contributed by atoms with E-state index < -0.39 is 12.1 Å². The third-order valence-corrected chi connectivity index (χ3v) is 12.0. The molecule has 348 valence electrons. The minimum atomic E-state index is -0.857. The highest BCUT2D eigenvalue weighted by Crippen LogP contribution is 2.16. The van der Waals surface area contributed by atoms with Crippen molar-refractivity contribution in [3.05, 3.63) is 24.3 Å². The van der Waals surface area contributed by atoms with Gasteiger partial charge in [-0.15, -0.1) is 0 Å². The van der Waals surface area contributed by atoms with E-state index in [0.29, 0.717) is 19.4 Å². The van der Waals surface area contributed by atoms with Gasteiger partial charge in [0.25, 0.3) is 0 Å². The molecule has 0 bridgehead atoms. The molecule has 0 aromatic carbocycles. The van der Waals surface area contributed by atoms with Gasteiger partial charge in [-0.05, 0) is 57.8 Å². The third-order valence-electron chi connectivity index (χ3n) is 12.0. The van der Waals surface area contributed by atoms with Crippen molar-refractivity contribution in [2.45, 2.75) is 289 Å². The van der Waals surface area contributed by atoms with Gasteiger partial charge in [-0.25, -0.2) is 0 Å². The molecule has 6 nitrogen and oxygen atoms in total. The number of carbonyl (C=O) groups excluding carboxylic acids is 2. The van der Waals surface area contributed by atoms with Gasteiger partial charge < -0.3 is 20.3 Å². The Morgan fingerprint density at radius 3 is 1.22 bits per heavy atom. The van der Waals surface area contributed by atoms with E-state index in [2.05, 4.69) is 31.3 Å². The van der Waals surface area contributed by atoms with Crippen LogP contribution < -0.4 is 5.32 Å². The molecule has 0 heterocycles. The second-order valence-corrected chi connectivity index (χ2v) is 17.9. The zero-order valence-electron chi connectivity index (χ0n) is 39.5. The first-order chi connectivity index (χ1) is 29.0. The fourth-order valence-electron chi connectivity index (χ4n) is 7.92. The smallest absolute Gasteiger partial charge is 0.305 e. The van der Waals surface area contributed by atoms with Crippen molar-refractivity contribution >= 4 is 11.9 Å². The molecule has 0 rings (SSSR count). The van der Waals surface area contributed by atoms with Gasteiger partial charge in [0.2, 0.25) is 5.91 Å². The van der Waals surface area contributed by atoms with Crippen molar-refractivity contribution in [2.75, 3.05) is 13.2 Å². The molecule has 0 radical (unpaired) electrons. The summed E-state index contributed by atoms with van der Waals surface area (Å²) in [6, 6.07) is -0.642. The molecule has 59 heavy (non-hydrogen) atoms. The van der Waals surface area contributed by atoms with Crippen LogP contribution in [0.15, 0.2) is 24.3 Å². The molecule has 0 aliphatic carbocycles. The first-order valence-electron chi connectivity index (χ1n) is 26.1. The number of rotatable bonds is 48. The first kappa shape index (κ1) is 57.3. The molecule has 6 heteroatoms. The molecule has 2 atom stereocenters. The summed E-state index contributed by atoms with van der Waals surface area (Å²) in [5.74, 6) is -0.111. The van der Waals surface area contributed by atoms with Crippen LogP contribution in [-0.2, 0) is 14.3 Å². The lowest BCUT2D eigenvalue weighted by Crippen LogP contribution is -2.45. The van der Waals surface area contributed by atoms with Crippen molar-refractivity contribution in [3.8, 4) is 0 Å². The summed E-state index contributed by atoms with van der Waals surface area (Å²) >= 11 is 0. The zero-order chi connectivity index (χ0) is 43.0. The fourth-order valence-corrected chi connectivity index (χ4v) is 7.92. The first-order valence-corrected chi connectivity index (χ1v) is 26.1. The molecule has 0 spiro atoms. The van der Waals surface area contributed by atoms with Crippen LogP contribution >= 0.6 is 0 Å². The van der Waals surface area contributed by atoms with Crippen LogP contribution in [0.2, 0.25) is 0 Å². The number of carbonyl (C=O) groups is 2. The van der Waals surface area contributed by atoms with E-state index in [1.165, 1.54) is 193 Å². The van der Waals surface area contributed by atoms with Gasteiger partial charge in [0.1, 0.15) is 0 Å². The van der Waals surface area contributed by atoms with Crippen molar-refractivity contribution in [1.82, 2.24) is 5.32 Å². The van der Waals surface area contributed by atoms with E-state index in [4.69, 9.17) is 4.74 Å². The average molecular weight is 832 g/mol. The summed E-state index contributed by atoms with van der Waals surface area (Å²) in [6.45, 7) is 4.85. The Morgan fingerprint density at radius 1 is 0.458 bits per heavy atom. The quantitative estimate of drug-likeness (QED) is 0.0322. The molecule has 0 fully saturated rings. The molecular weight excluding hydrogens is 731 g/mol. The van der Waals surface area contributed by atoms with Crippen LogP contribution in [0.4, 0.5) is 0 Å². The van der Waals surface area contributed by atoms with Gasteiger partial charge in [-0.1, -0.05) is 231 Å². The van der Waals surface area contributed by atoms with E-state index in [1.54, 1.807) is 6.08 Å². The van der Waals surface area contributed by atoms with Gasteiger partial charge in [0, 0.05) is 12.8 Å². The highest BCUT2D eigenvalue weighted by molar-refractivity contribution is 5.76. The topological polar surface area (TPSA) is 95.9 Å². The van der Waals surface area contributed by atoms with Gasteiger partial charge in [-0.3, -0.25) is 9.59 Å². The number of allylic oxidation sites excluding steroid dienone is 3. The fraction of sp³-hybridized carbons (Fsp3) is 0.887. The maximum atomic E-state index is 12.4. The summed E-state index contributed by atoms with van der Waals surface area (Å²) in [6.07, 6.45) is 57.4. The maximum Gasteiger partial charge on any atom is 0.305 e. The summed E-state index contributed by atoms with van der Waals surface area (Å²) in [5, 5.41) is 23.1. The SMILES string of the molecule is CCCCCC/C=C\CCCCCCCC(=O)OCCCCCCCCCCCCCC(=O)NC(CO)C(O)/C=C/CCCCCCCCCCCCCCCCCC. The number of ether oxygens (including phenoxy) is 1. The number of unbranched alkanes of at least 4 members (excludes halogenated alkanes) is 35. The second kappa shape index (κ2) is 49.0. The van der Waals surface area contributed by atoms with Crippen LogP contribution in [0.25, 0.3) is 0 Å². The number of aliphatic hydroxyl groups excluding tert-OH is 2. The third kappa shape index (κ3) is 45.7. The maximum absolute atomic E-state index is 12.4. The van der Waals surface area contributed by atoms with Crippen molar-refractivity contribution < 1.29 is 24.5 Å². The number of hydrogen-bond donors (Lipinski definition) is 3. The molecule has 0 aromatic heterocycles. The average Bonchev–Trinajstić information content (AvgIpc) is 3.24. The Kier molecular flexibility index (Phi) is 47.6. The van der Waals surface area contributed by atoms with Gasteiger partial charge >= 0.3 is 5.97 Å². The van der Waals surface area contributed by atoms with E-state index in [9.17, 15) is 19.8 Å². The minimum Gasteiger partial charge on any atom is -0.466 e. The second-order valence-electron chi connectivity index (χ2n) is 17.9. The number of hydrogen-bond acceptors (Lipinski definition) is 5. The highest BCUT2D eigenvalue weighted by Gasteiger charge is 2.18. The van der Waals surface area contributed by atoms with Crippen LogP contribution in [0, 0.1) is 0 Å². The monoisotopic (exact) mass is 832 g/mol. The molecule has 0 aliphatic rings. The predicted octanol–water partition coefficient (Wildman–Crippen LogP) is 15.5. The minimum absolute atomic E-state index is 0.0246. The molecule has 0 saturated carbocycles. The Morgan fingerprint density at radius 2 is 0.797 bits per heavy atom. The largest absolute Gasteiger partial charge is 0.466 e. The van der Waals surface area contributed by atoms with Crippen molar-refractivity contribution in [3.63, 3.8) is 0 Å². The molecule has 0 saturated heterocycles. The Balaban J connectivity index is 3.52. The number of aliphatic hydroxyl groups is 2.